The zero-order valence-electron chi connectivity index (χ0n) is 21.9. The Kier molecular flexibility index (Phi) is 7.56. The van der Waals surface area contributed by atoms with E-state index in [1.165, 1.54) is 27.8 Å². The number of pyridine rings is 1. The van der Waals surface area contributed by atoms with Crippen LogP contribution < -0.4 is 4.90 Å². The molecule has 7 nitrogen and oxygen atoms in total. The van der Waals surface area contributed by atoms with E-state index in [9.17, 15) is 13.2 Å². The molecule has 3 aromatic carbocycles. The summed E-state index contributed by atoms with van der Waals surface area (Å²) >= 11 is 1.45. The van der Waals surface area contributed by atoms with Crippen molar-refractivity contribution in [2.75, 3.05) is 11.9 Å². The van der Waals surface area contributed by atoms with Gasteiger partial charge in [0.05, 0.1) is 27.4 Å². The molecule has 0 bridgehead atoms. The van der Waals surface area contributed by atoms with Gasteiger partial charge in [-0.05, 0) is 73.0 Å². The van der Waals surface area contributed by atoms with Gasteiger partial charge in [0.2, 0.25) is 10.0 Å². The zero-order valence-corrected chi connectivity index (χ0v) is 23.5. The molecule has 0 aliphatic carbocycles. The first-order chi connectivity index (χ1) is 18.7. The number of benzene rings is 3. The maximum absolute atomic E-state index is 13.8. The lowest BCUT2D eigenvalue weighted by Crippen LogP contribution is -2.31. The minimum Gasteiger partial charge on any atom is -0.278 e. The number of amides is 1. The van der Waals surface area contributed by atoms with Gasteiger partial charge in [0.15, 0.2) is 5.13 Å². The van der Waals surface area contributed by atoms with E-state index in [1.807, 2.05) is 62.4 Å². The Morgan fingerprint density at radius 3 is 2.31 bits per heavy atom. The predicted octanol–water partition coefficient (Wildman–Crippen LogP) is 5.98. The van der Waals surface area contributed by atoms with Crippen LogP contribution in [0.5, 0.6) is 0 Å². The van der Waals surface area contributed by atoms with Gasteiger partial charge < -0.3 is 0 Å². The largest absolute Gasteiger partial charge is 0.278 e. The van der Waals surface area contributed by atoms with Crippen molar-refractivity contribution in [3.05, 3.63) is 119 Å². The van der Waals surface area contributed by atoms with E-state index in [4.69, 9.17) is 4.98 Å². The molecule has 0 radical (unpaired) electrons. The Bertz CT molecular complexity index is 1720. The number of aryl methyl sites for hydroxylation is 2. The van der Waals surface area contributed by atoms with Gasteiger partial charge in [-0.15, -0.1) is 0 Å². The quantitative estimate of drug-likeness (QED) is 0.235. The molecular formula is C30H28N4O3S2. The number of carbonyl (C=O) groups excluding carboxylic acids is 1. The third-order valence-corrected chi connectivity index (χ3v) is 9.24. The van der Waals surface area contributed by atoms with Gasteiger partial charge in [-0.25, -0.2) is 13.4 Å². The molecule has 5 aromatic rings. The normalized spacial score (nSPS) is 11.7. The Hall–Kier alpha value is -3.92. The molecule has 0 atom stereocenters. The first-order valence-electron chi connectivity index (χ1n) is 12.4. The maximum atomic E-state index is 13.8. The summed E-state index contributed by atoms with van der Waals surface area (Å²) in [6.45, 7) is 4.53. The summed E-state index contributed by atoms with van der Waals surface area (Å²) in [5.74, 6) is -0.282. The molecule has 2 aromatic heterocycles. The van der Waals surface area contributed by atoms with Crippen LogP contribution in [-0.2, 0) is 23.1 Å². The summed E-state index contributed by atoms with van der Waals surface area (Å²) in [6, 6.07) is 25.2. The number of aromatic nitrogens is 2. The second-order valence-electron chi connectivity index (χ2n) is 9.41. The molecule has 0 aliphatic heterocycles. The zero-order chi connectivity index (χ0) is 27.6. The average molecular weight is 557 g/mol. The van der Waals surface area contributed by atoms with Crippen LogP contribution in [0.25, 0.3) is 10.2 Å². The number of rotatable bonds is 8. The number of thiazole rings is 1. The van der Waals surface area contributed by atoms with Crippen molar-refractivity contribution >= 4 is 42.6 Å². The van der Waals surface area contributed by atoms with Crippen molar-refractivity contribution in [1.82, 2.24) is 14.3 Å². The van der Waals surface area contributed by atoms with E-state index in [0.717, 1.165) is 32.6 Å². The fraction of sp³-hybridized carbons (Fsp3) is 0.167. The Labute approximate surface area is 232 Å². The van der Waals surface area contributed by atoms with Gasteiger partial charge in [0.25, 0.3) is 5.91 Å². The van der Waals surface area contributed by atoms with Crippen LogP contribution in [0.3, 0.4) is 0 Å². The van der Waals surface area contributed by atoms with Crippen LogP contribution in [0.15, 0.2) is 96.0 Å². The van der Waals surface area contributed by atoms with E-state index < -0.39 is 10.0 Å². The van der Waals surface area contributed by atoms with Crippen molar-refractivity contribution < 1.29 is 13.2 Å². The van der Waals surface area contributed by atoms with Crippen LogP contribution in [-0.4, -0.2) is 35.6 Å². The molecule has 0 fully saturated rings. The summed E-state index contributed by atoms with van der Waals surface area (Å²) in [5, 5.41) is 0.564. The number of carbonyl (C=O) groups is 1. The Morgan fingerprint density at radius 1 is 0.897 bits per heavy atom. The topological polar surface area (TPSA) is 83.5 Å². The molecule has 198 valence electrons. The predicted molar refractivity (Wildman–Crippen MR) is 155 cm³/mol. The van der Waals surface area contributed by atoms with E-state index in [-0.39, 0.29) is 23.9 Å². The first-order valence-corrected chi connectivity index (χ1v) is 14.7. The number of fused-ring (bicyclic) bond motifs is 1. The highest BCUT2D eigenvalue weighted by molar-refractivity contribution is 7.89. The van der Waals surface area contributed by atoms with Crippen molar-refractivity contribution in [2.24, 2.45) is 0 Å². The van der Waals surface area contributed by atoms with Crippen LogP contribution in [0.1, 0.15) is 32.7 Å². The average Bonchev–Trinajstić information content (AvgIpc) is 3.36. The van der Waals surface area contributed by atoms with Crippen LogP contribution in [0, 0.1) is 13.8 Å². The molecule has 0 saturated carbocycles. The van der Waals surface area contributed by atoms with Crippen molar-refractivity contribution in [3.63, 3.8) is 0 Å². The van der Waals surface area contributed by atoms with Gasteiger partial charge in [-0.3, -0.25) is 14.7 Å². The molecule has 5 rings (SSSR count). The minimum atomic E-state index is -3.74. The molecule has 1 amide bonds. The van der Waals surface area contributed by atoms with E-state index in [1.54, 1.807) is 30.3 Å². The molecule has 0 spiro atoms. The SMILES string of the molecule is Cc1cc(C)c2nc(N(Cc3ccccn3)C(=O)c3ccc(S(=O)(=O)N(C)Cc4ccccc4)cc3)sc2c1. The van der Waals surface area contributed by atoms with Crippen LogP contribution in [0.4, 0.5) is 5.13 Å². The number of nitrogens with zero attached hydrogens (tertiary/aromatic N) is 4. The second-order valence-corrected chi connectivity index (χ2v) is 12.5. The Balaban J connectivity index is 1.45. The molecule has 0 saturated heterocycles. The highest BCUT2D eigenvalue weighted by atomic mass is 32.2. The molecule has 2 heterocycles. The van der Waals surface area contributed by atoms with Crippen LogP contribution >= 0.6 is 11.3 Å². The van der Waals surface area contributed by atoms with Gasteiger partial charge in [-0.1, -0.05) is 53.8 Å². The van der Waals surface area contributed by atoms with Gasteiger partial charge in [-0.2, -0.15) is 4.31 Å². The number of hydrogen-bond donors (Lipinski definition) is 0. The monoisotopic (exact) mass is 556 g/mol. The fourth-order valence-electron chi connectivity index (χ4n) is 4.39. The summed E-state index contributed by atoms with van der Waals surface area (Å²) < 4.78 is 28.7. The summed E-state index contributed by atoms with van der Waals surface area (Å²) in [7, 11) is -2.19. The number of anilines is 1. The van der Waals surface area contributed by atoms with E-state index in [2.05, 4.69) is 17.1 Å². The van der Waals surface area contributed by atoms with Gasteiger partial charge in [0.1, 0.15) is 0 Å². The second kappa shape index (κ2) is 11.1. The smallest absolute Gasteiger partial charge is 0.260 e. The highest BCUT2D eigenvalue weighted by Gasteiger charge is 2.25. The maximum Gasteiger partial charge on any atom is 0.260 e. The third-order valence-electron chi connectivity index (χ3n) is 6.40. The number of hydrogen-bond acceptors (Lipinski definition) is 6. The molecular weight excluding hydrogens is 528 g/mol. The standard InChI is InChI=1S/C30H28N4O3S2/c1-21-17-22(2)28-27(18-21)38-30(32-28)34(20-25-11-7-8-16-31-25)29(35)24-12-14-26(15-13-24)39(36,37)33(3)19-23-9-5-4-6-10-23/h4-18H,19-20H2,1-3H3. The van der Waals surface area contributed by atoms with Crippen LogP contribution in [0.2, 0.25) is 0 Å². The van der Waals surface area contributed by atoms with Gasteiger partial charge >= 0.3 is 0 Å². The first kappa shape index (κ1) is 26.7. The van der Waals surface area contributed by atoms with E-state index >= 15 is 0 Å². The van der Waals surface area contributed by atoms with Crippen molar-refractivity contribution in [3.8, 4) is 0 Å². The highest BCUT2D eigenvalue weighted by Crippen LogP contribution is 2.33. The van der Waals surface area contributed by atoms with Crippen molar-refractivity contribution in [1.29, 1.82) is 0 Å². The van der Waals surface area contributed by atoms with E-state index in [0.29, 0.717) is 10.7 Å². The lowest BCUT2D eigenvalue weighted by Gasteiger charge is -2.20. The molecule has 9 heteroatoms. The molecule has 0 aliphatic rings. The lowest BCUT2D eigenvalue weighted by molar-refractivity contribution is 0.0984. The molecule has 0 unspecified atom stereocenters. The minimum absolute atomic E-state index is 0.125. The fourth-order valence-corrected chi connectivity index (χ4v) is 6.68. The van der Waals surface area contributed by atoms with Crippen molar-refractivity contribution in [2.45, 2.75) is 31.8 Å². The molecule has 39 heavy (non-hydrogen) atoms. The molecule has 0 N–H and O–H groups in total. The van der Waals surface area contributed by atoms with Gasteiger partial charge in [0, 0.05) is 25.4 Å². The summed E-state index contributed by atoms with van der Waals surface area (Å²) in [6.07, 6.45) is 1.69. The Morgan fingerprint density at radius 2 is 1.62 bits per heavy atom. The lowest BCUT2D eigenvalue weighted by atomic mass is 10.1. The summed E-state index contributed by atoms with van der Waals surface area (Å²) in [4.78, 5) is 24.8. The summed E-state index contributed by atoms with van der Waals surface area (Å²) in [5.41, 5.74) is 5.02. The third kappa shape index (κ3) is 5.75. The number of sulfonamides is 1.